The summed E-state index contributed by atoms with van der Waals surface area (Å²) < 4.78 is 29.0. The molecule has 1 aliphatic heterocycles. The number of sulfone groups is 1. The van der Waals surface area contributed by atoms with Gasteiger partial charge in [0.05, 0.1) is 18.6 Å². The summed E-state index contributed by atoms with van der Waals surface area (Å²) in [6.45, 7) is 1.40. The van der Waals surface area contributed by atoms with Gasteiger partial charge in [0.2, 0.25) is 5.91 Å². The van der Waals surface area contributed by atoms with Gasteiger partial charge in [-0.15, -0.1) is 0 Å². The number of methoxy groups -OCH3 is 1. The van der Waals surface area contributed by atoms with Gasteiger partial charge in [-0.1, -0.05) is 18.2 Å². The molecule has 0 aromatic heterocycles. The maximum atomic E-state index is 12.8. The first kappa shape index (κ1) is 20.5. The lowest BCUT2D eigenvalue weighted by Crippen LogP contribution is -2.41. The molecular weight excluding hydrogens is 352 g/mol. The highest BCUT2D eigenvalue weighted by molar-refractivity contribution is 7.91. The van der Waals surface area contributed by atoms with Crippen molar-refractivity contribution in [3.05, 3.63) is 35.9 Å². The molecule has 1 amide bonds. The van der Waals surface area contributed by atoms with Crippen LogP contribution < -0.4 is 4.74 Å². The van der Waals surface area contributed by atoms with Crippen molar-refractivity contribution in [1.29, 1.82) is 0 Å². The van der Waals surface area contributed by atoms with E-state index in [1.54, 1.807) is 18.1 Å². The first-order valence-corrected chi connectivity index (χ1v) is 10.6. The molecular formula is C19H28N2O4S. The highest BCUT2D eigenvalue weighted by Gasteiger charge is 2.33. The van der Waals surface area contributed by atoms with E-state index in [1.807, 2.05) is 38.4 Å². The van der Waals surface area contributed by atoms with Crippen LogP contribution in [0.15, 0.2) is 30.3 Å². The molecule has 0 saturated carbocycles. The number of ether oxygens (including phenoxy) is 1. The molecule has 1 unspecified atom stereocenters. The standard InChI is InChI=1S/C19H28N2O4S/c1-20(2)12-6-13-21(17-11-14-26(23,24)15-17)19(22)10-9-16-7-4-5-8-18(16)25-3/h4-5,7-10,17H,6,11-15H2,1-3H3/b10-9+. The molecule has 0 radical (unpaired) electrons. The number of benzene rings is 1. The molecule has 6 nitrogen and oxygen atoms in total. The topological polar surface area (TPSA) is 66.9 Å². The highest BCUT2D eigenvalue weighted by Crippen LogP contribution is 2.21. The van der Waals surface area contributed by atoms with Gasteiger partial charge < -0.3 is 14.5 Å². The fraction of sp³-hybridized carbons (Fsp3) is 0.526. The lowest BCUT2D eigenvalue weighted by molar-refractivity contribution is -0.127. The van der Waals surface area contributed by atoms with Crippen LogP contribution in [0.2, 0.25) is 0 Å². The van der Waals surface area contributed by atoms with E-state index in [2.05, 4.69) is 4.90 Å². The third kappa shape index (κ3) is 5.85. The molecule has 7 heteroatoms. The molecule has 2 rings (SSSR count). The monoisotopic (exact) mass is 380 g/mol. The Balaban J connectivity index is 2.12. The Kier molecular flexibility index (Phi) is 7.23. The first-order chi connectivity index (χ1) is 12.3. The zero-order chi connectivity index (χ0) is 19.2. The Bertz CT molecular complexity index is 744. The van der Waals surface area contributed by atoms with Crippen molar-refractivity contribution in [3.8, 4) is 5.75 Å². The second-order valence-corrected chi connectivity index (χ2v) is 9.05. The molecule has 0 bridgehead atoms. The minimum Gasteiger partial charge on any atom is -0.496 e. The Labute approximate surface area is 156 Å². The third-order valence-electron chi connectivity index (χ3n) is 4.48. The molecule has 0 N–H and O–H groups in total. The smallest absolute Gasteiger partial charge is 0.246 e. The van der Waals surface area contributed by atoms with Gasteiger partial charge in [0, 0.05) is 24.2 Å². The Morgan fingerprint density at radius 1 is 1.27 bits per heavy atom. The summed E-state index contributed by atoms with van der Waals surface area (Å²) in [6, 6.07) is 7.22. The van der Waals surface area contributed by atoms with Crippen molar-refractivity contribution in [3.63, 3.8) is 0 Å². The molecule has 1 aromatic rings. The Hall–Kier alpha value is -1.86. The van der Waals surface area contributed by atoms with Crippen molar-refractivity contribution >= 4 is 21.8 Å². The highest BCUT2D eigenvalue weighted by atomic mass is 32.2. The predicted octanol–water partition coefficient (Wildman–Crippen LogP) is 1.68. The second-order valence-electron chi connectivity index (χ2n) is 6.82. The van der Waals surface area contributed by atoms with Crippen molar-refractivity contribution in [1.82, 2.24) is 9.80 Å². The summed E-state index contributed by atoms with van der Waals surface area (Å²) in [4.78, 5) is 16.5. The number of rotatable bonds is 8. The summed E-state index contributed by atoms with van der Waals surface area (Å²) in [5.74, 6) is 0.755. The second kappa shape index (κ2) is 9.19. The SMILES string of the molecule is COc1ccccc1/C=C/C(=O)N(CCCN(C)C)C1CCS(=O)(=O)C1. The molecule has 1 saturated heterocycles. The Morgan fingerprint density at radius 2 is 2.00 bits per heavy atom. The number of hydrogen-bond acceptors (Lipinski definition) is 5. The Morgan fingerprint density at radius 3 is 2.62 bits per heavy atom. The van der Waals surface area contributed by atoms with Crippen molar-refractivity contribution in [2.45, 2.75) is 18.9 Å². The van der Waals surface area contributed by atoms with Crippen LogP contribution in [0, 0.1) is 0 Å². The number of nitrogens with zero attached hydrogens (tertiary/aromatic N) is 2. The van der Waals surface area contributed by atoms with Crippen molar-refractivity contribution in [2.75, 3.05) is 45.8 Å². The molecule has 0 aliphatic carbocycles. The molecule has 1 fully saturated rings. The molecule has 0 spiro atoms. The van der Waals surface area contributed by atoms with Gasteiger partial charge in [0.15, 0.2) is 9.84 Å². The van der Waals surface area contributed by atoms with Crippen LogP contribution in [0.5, 0.6) is 5.75 Å². The minimum absolute atomic E-state index is 0.0587. The van der Waals surface area contributed by atoms with Gasteiger partial charge in [-0.3, -0.25) is 4.79 Å². The zero-order valence-corrected chi connectivity index (χ0v) is 16.5. The maximum absolute atomic E-state index is 12.8. The lowest BCUT2D eigenvalue weighted by Gasteiger charge is -2.27. The van der Waals surface area contributed by atoms with Gasteiger partial charge in [-0.05, 0) is 45.6 Å². The molecule has 144 valence electrons. The number of para-hydroxylation sites is 1. The average Bonchev–Trinajstić information content (AvgIpc) is 2.96. The summed E-state index contributed by atoms with van der Waals surface area (Å²) in [6.07, 6.45) is 4.55. The summed E-state index contributed by atoms with van der Waals surface area (Å²) in [7, 11) is 2.51. The van der Waals surface area contributed by atoms with Gasteiger partial charge >= 0.3 is 0 Å². The molecule has 1 aliphatic rings. The number of amides is 1. The van der Waals surface area contributed by atoms with Gasteiger partial charge in [0.1, 0.15) is 5.75 Å². The van der Waals surface area contributed by atoms with Crippen LogP contribution in [0.1, 0.15) is 18.4 Å². The van der Waals surface area contributed by atoms with Gasteiger partial charge in [-0.2, -0.15) is 0 Å². The third-order valence-corrected chi connectivity index (χ3v) is 6.23. The van der Waals surface area contributed by atoms with Crippen molar-refractivity contribution in [2.24, 2.45) is 0 Å². The average molecular weight is 381 g/mol. The quantitative estimate of drug-likeness (QED) is 0.642. The van der Waals surface area contributed by atoms with E-state index in [1.165, 1.54) is 6.08 Å². The van der Waals surface area contributed by atoms with Crippen LogP contribution in [0.4, 0.5) is 0 Å². The van der Waals surface area contributed by atoms with Crippen LogP contribution in [0.25, 0.3) is 6.08 Å². The van der Waals surface area contributed by atoms with E-state index in [0.29, 0.717) is 18.7 Å². The molecule has 26 heavy (non-hydrogen) atoms. The van der Waals surface area contributed by atoms with E-state index >= 15 is 0 Å². The molecule has 1 heterocycles. The fourth-order valence-electron chi connectivity index (χ4n) is 3.11. The van der Waals surface area contributed by atoms with Crippen LogP contribution in [-0.4, -0.2) is 76.0 Å². The zero-order valence-electron chi connectivity index (χ0n) is 15.7. The van der Waals surface area contributed by atoms with Crippen LogP contribution in [-0.2, 0) is 14.6 Å². The first-order valence-electron chi connectivity index (χ1n) is 8.79. The predicted molar refractivity (Wildman–Crippen MR) is 104 cm³/mol. The summed E-state index contributed by atoms with van der Waals surface area (Å²) in [5.41, 5.74) is 0.815. The normalized spacial score (nSPS) is 19.2. The van der Waals surface area contributed by atoms with E-state index < -0.39 is 9.84 Å². The van der Waals surface area contributed by atoms with Crippen LogP contribution in [0.3, 0.4) is 0 Å². The molecule has 1 aromatic carbocycles. The van der Waals surface area contributed by atoms with E-state index in [-0.39, 0.29) is 23.5 Å². The van der Waals surface area contributed by atoms with Crippen LogP contribution >= 0.6 is 0 Å². The van der Waals surface area contributed by atoms with Crippen molar-refractivity contribution < 1.29 is 17.9 Å². The maximum Gasteiger partial charge on any atom is 0.246 e. The number of carbonyl (C=O) groups is 1. The fourth-order valence-corrected chi connectivity index (χ4v) is 4.84. The minimum atomic E-state index is -3.04. The number of carbonyl (C=O) groups excluding carboxylic acids is 1. The van der Waals surface area contributed by atoms with E-state index in [0.717, 1.165) is 18.5 Å². The largest absolute Gasteiger partial charge is 0.496 e. The van der Waals surface area contributed by atoms with Gasteiger partial charge in [0.25, 0.3) is 0 Å². The molecule has 1 atom stereocenters. The summed E-state index contributed by atoms with van der Waals surface area (Å²) >= 11 is 0. The van der Waals surface area contributed by atoms with E-state index in [9.17, 15) is 13.2 Å². The lowest BCUT2D eigenvalue weighted by atomic mass is 10.1. The van der Waals surface area contributed by atoms with Gasteiger partial charge in [-0.25, -0.2) is 8.42 Å². The van der Waals surface area contributed by atoms with E-state index in [4.69, 9.17) is 4.74 Å². The number of hydrogen-bond donors (Lipinski definition) is 0. The summed E-state index contributed by atoms with van der Waals surface area (Å²) in [5, 5.41) is 0.